The summed E-state index contributed by atoms with van der Waals surface area (Å²) in [7, 11) is 0. The topological polar surface area (TPSA) is 30.0 Å². The average molecular weight is 189 g/mol. The quantitative estimate of drug-likeness (QED) is 0.680. The van der Waals surface area contributed by atoms with Gasteiger partial charge < -0.3 is 0 Å². The normalized spacial score (nSPS) is 9.85. The standard InChI is InChI=1S/C10H7NOS/c12-6-10-11-9(7-13-10)8-4-2-1-3-5-8/h1-7H. The first-order chi connectivity index (χ1) is 6.40. The van der Waals surface area contributed by atoms with Gasteiger partial charge in [0.2, 0.25) is 0 Å². The van der Waals surface area contributed by atoms with Gasteiger partial charge in [-0.1, -0.05) is 30.3 Å². The van der Waals surface area contributed by atoms with Crippen molar-refractivity contribution in [1.29, 1.82) is 0 Å². The highest BCUT2D eigenvalue weighted by Gasteiger charge is 2.01. The van der Waals surface area contributed by atoms with Crippen LogP contribution in [0.2, 0.25) is 0 Å². The van der Waals surface area contributed by atoms with Gasteiger partial charge in [0.25, 0.3) is 0 Å². The molecule has 0 saturated heterocycles. The van der Waals surface area contributed by atoms with Crippen LogP contribution in [-0.4, -0.2) is 11.3 Å². The van der Waals surface area contributed by atoms with Crippen molar-refractivity contribution in [2.75, 3.05) is 0 Å². The Kier molecular flexibility index (Phi) is 2.19. The third kappa shape index (κ3) is 1.65. The lowest BCUT2D eigenvalue weighted by atomic mass is 10.2. The predicted molar refractivity (Wildman–Crippen MR) is 52.9 cm³/mol. The molecule has 0 N–H and O–H groups in total. The lowest BCUT2D eigenvalue weighted by Crippen LogP contribution is -1.78. The number of hydrogen-bond acceptors (Lipinski definition) is 3. The SMILES string of the molecule is O=Cc1nc(-c2ccccc2)cs1. The summed E-state index contributed by atoms with van der Waals surface area (Å²) in [6, 6.07) is 9.81. The van der Waals surface area contributed by atoms with Crippen LogP contribution in [0.1, 0.15) is 9.80 Å². The van der Waals surface area contributed by atoms with Gasteiger partial charge in [-0.2, -0.15) is 0 Å². The molecule has 64 valence electrons. The first-order valence-electron chi connectivity index (χ1n) is 3.86. The summed E-state index contributed by atoms with van der Waals surface area (Å²) in [6.45, 7) is 0. The number of nitrogens with zero attached hydrogens (tertiary/aromatic N) is 1. The fourth-order valence-corrected chi connectivity index (χ4v) is 1.71. The number of aldehydes is 1. The Morgan fingerprint density at radius 3 is 2.62 bits per heavy atom. The molecule has 0 atom stereocenters. The van der Waals surface area contributed by atoms with Crippen molar-refractivity contribution in [3.05, 3.63) is 40.7 Å². The summed E-state index contributed by atoms with van der Waals surface area (Å²) in [5.74, 6) is 0. The molecule has 0 radical (unpaired) electrons. The van der Waals surface area contributed by atoms with Gasteiger partial charge in [0.05, 0.1) is 5.69 Å². The van der Waals surface area contributed by atoms with Crippen LogP contribution in [0.25, 0.3) is 11.3 Å². The van der Waals surface area contributed by atoms with E-state index < -0.39 is 0 Å². The molecule has 13 heavy (non-hydrogen) atoms. The van der Waals surface area contributed by atoms with E-state index in [1.165, 1.54) is 11.3 Å². The molecule has 0 spiro atoms. The van der Waals surface area contributed by atoms with Crippen molar-refractivity contribution in [3.8, 4) is 11.3 Å². The van der Waals surface area contributed by atoms with Crippen molar-refractivity contribution in [2.45, 2.75) is 0 Å². The maximum atomic E-state index is 10.4. The first kappa shape index (κ1) is 8.13. The molecule has 2 nitrogen and oxygen atoms in total. The highest BCUT2D eigenvalue weighted by molar-refractivity contribution is 7.11. The number of aromatic nitrogens is 1. The molecule has 0 amide bonds. The van der Waals surface area contributed by atoms with Gasteiger partial charge >= 0.3 is 0 Å². The summed E-state index contributed by atoms with van der Waals surface area (Å²) in [5, 5.41) is 2.41. The Morgan fingerprint density at radius 1 is 1.23 bits per heavy atom. The maximum absolute atomic E-state index is 10.4. The Labute approximate surface area is 79.9 Å². The molecule has 2 rings (SSSR count). The highest BCUT2D eigenvalue weighted by Crippen LogP contribution is 2.20. The molecule has 0 aliphatic heterocycles. The minimum Gasteiger partial charge on any atom is -0.295 e. The Bertz CT molecular complexity index is 408. The zero-order valence-corrected chi connectivity index (χ0v) is 7.62. The summed E-state index contributed by atoms with van der Waals surface area (Å²) >= 11 is 1.37. The molecule has 0 aliphatic carbocycles. The lowest BCUT2D eigenvalue weighted by molar-refractivity contribution is 0.112. The van der Waals surface area contributed by atoms with E-state index in [0.717, 1.165) is 17.5 Å². The summed E-state index contributed by atoms with van der Waals surface area (Å²) in [5.41, 5.74) is 1.92. The molecule has 0 fully saturated rings. The molecule has 1 heterocycles. The molecule has 1 aromatic carbocycles. The number of thiazole rings is 1. The zero-order chi connectivity index (χ0) is 9.10. The second-order valence-electron chi connectivity index (χ2n) is 2.55. The van der Waals surface area contributed by atoms with Crippen LogP contribution in [0.3, 0.4) is 0 Å². The minimum absolute atomic E-state index is 0.527. The van der Waals surface area contributed by atoms with Gasteiger partial charge in [0.1, 0.15) is 0 Å². The predicted octanol–water partition coefficient (Wildman–Crippen LogP) is 2.62. The molecule has 2 aromatic rings. The van der Waals surface area contributed by atoms with Crippen LogP contribution in [0.4, 0.5) is 0 Å². The number of carbonyl (C=O) groups excluding carboxylic acids is 1. The highest BCUT2D eigenvalue weighted by atomic mass is 32.1. The molecule has 0 unspecified atom stereocenters. The van der Waals surface area contributed by atoms with Crippen molar-refractivity contribution in [2.24, 2.45) is 0 Å². The number of benzene rings is 1. The Morgan fingerprint density at radius 2 is 2.00 bits per heavy atom. The van der Waals surface area contributed by atoms with Crippen molar-refractivity contribution in [1.82, 2.24) is 4.98 Å². The van der Waals surface area contributed by atoms with E-state index in [2.05, 4.69) is 4.98 Å². The molecule has 1 aromatic heterocycles. The van der Waals surface area contributed by atoms with Crippen molar-refractivity contribution < 1.29 is 4.79 Å². The third-order valence-corrected chi connectivity index (χ3v) is 2.46. The molecular formula is C10H7NOS. The van der Waals surface area contributed by atoms with Crippen LogP contribution in [0.5, 0.6) is 0 Å². The summed E-state index contributed by atoms with van der Waals surface area (Å²) < 4.78 is 0. The van der Waals surface area contributed by atoms with E-state index >= 15 is 0 Å². The smallest absolute Gasteiger partial charge is 0.178 e. The molecule has 0 bridgehead atoms. The number of carbonyl (C=O) groups is 1. The average Bonchev–Trinajstić information content (AvgIpc) is 2.67. The van der Waals surface area contributed by atoms with Gasteiger partial charge in [0, 0.05) is 10.9 Å². The van der Waals surface area contributed by atoms with Crippen molar-refractivity contribution in [3.63, 3.8) is 0 Å². The second-order valence-corrected chi connectivity index (χ2v) is 3.44. The lowest BCUT2D eigenvalue weighted by Gasteiger charge is -1.92. The summed E-state index contributed by atoms with van der Waals surface area (Å²) in [6.07, 6.45) is 0.775. The molecular weight excluding hydrogens is 182 g/mol. The molecule has 0 saturated carbocycles. The second kappa shape index (κ2) is 3.49. The number of hydrogen-bond donors (Lipinski definition) is 0. The van der Waals surface area contributed by atoms with Crippen LogP contribution in [0, 0.1) is 0 Å². The van der Waals surface area contributed by atoms with Gasteiger partial charge in [-0.15, -0.1) is 11.3 Å². The fourth-order valence-electron chi connectivity index (χ4n) is 1.08. The van der Waals surface area contributed by atoms with Gasteiger partial charge in [-0.3, -0.25) is 4.79 Å². The van der Waals surface area contributed by atoms with Crippen LogP contribution in [-0.2, 0) is 0 Å². The van der Waals surface area contributed by atoms with E-state index in [0.29, 0.717) is 5.01 Å². The maximum Gasteiger partial charge on any atom is 0.178 e. The van der Waals surface area contributed by atoms with E-state index in [-0.39, 0.29) is 0 Å². The largest absolute Gasteiger partial charge is 0.295 e. The van der Waals surface area contributed by atoms with Gasteiger partial charge in [0.15, 0.2) is 11.3 Å². The third-order valence-electron chi connectivity index (χ3n) is 1.69. The van der Waals surface area contributed by atoms with Gasteiger partial charge in [-0.05, 0) is 0 Å². The Hall–Kier alpha value is -1.48. The minimum atomic E-state index is 0.527. The van der Waals surface area contributed by atoms with Gasteiger partial charge in [-0.25, -0.2) is 4.98 Å². The number of rotatable bonds is 2. The van der Waals surface area contributed by atoms with E-state index in [1.807, 2.05) is 35.7 Å². The van der Waals surface area contributed by atoms with E-state index in [1.54, 1.807) is 0 Å². The van der Waals surface area contributed by atoms with E-state index in [9.17, 15) is 4.79 Å². The van der Waals surface area contributed by atoms with Crippen LogP contribution < -0.4 is 0 Å². The van der Waals surface area contributed by atoms with Crippen molar-refractivity contribution >= 4 is 17.6 Å². The van der Waals surface area contributed by atoms with Crippen LogP contribution in [0.15, 0.2) is 35.7 Å². The first-order valence-corrected chi connectivity index (χ1v) is 4.74. The Balaban J connectivity index is 2.41. The molecule has 0 aliphatic rings. The van der Waals surface area contributed by atoms with Crippen LogP contribution >= 0.6 is 11.3 Å². The summed E-state index contributed by atoms with van der Waals surface area (Å²) in [4.78, 5) is 14.5. The zero-order valence-electron chi connectivity index (χ0n) is 6.81. The molecule has 3 heteroatoms. The monoisotopic (exact) mass is 189 g/mol. The fraction of sp³-hybridized carbons (Fsp3) is 0. The van der Waals surface area contributed by atoms with E-state index in [4.69, 9.17) is 0 Å².